The van der Waals surface area contributed by atoms with Crippen molar-refractivity contribution < 1.29 is 4.79 Å². The lowest BCUT2D eigenvalue weighted by atomic mass is 10.1. The van der Waals surface area contributed by atoms with Gasteiger partial charge in [0.1, 0.15) is 0 Å². The van der Waals surface area contributed by atoms with Gasteiger partial charge in [0.25, 0.3) is 5.91 Å². The van der Waals surface area contributed by atoms with Gasteiger partial charge in [-0.1, -0.05) is 35.5 Å². The van der Waals surface area contributed by atoms with Crippen LogP contribution < -0.4 is 5.32 Å². The molecule has 8 heteroatoms. The molecule has 26 heavy (non-hydrogen) atoms. The zero-order valence-electron chi connectivity index (χ0n) is 14.3. The number of benzene rings is 2. The van der Waals surface area contributed by atoms with E-state index in [0.29, 0.717) is 17.9 Å². The SMILES string of the molecule is Cc1nsnc1Cn1nnc(C(=O)Nc2ccc3ccccc3c2)c1C. The number of hydrogen-bond donors (Lipinski definition) is 1. The van der Waals surface area contributed by atoms with Crippen molar-refractivity contribution in [2.75, 3.05) is 5.32 Å². The van der Waals surface area contributed by atoms with Crippen LogP contribution in [0.3, 0.4) is 0 Å². The fourth-order valence-electron chi connectivity index (χ4n) is 2.71. The summed E-state index contributed by atoms with van der Waals surface area (Å²) < 4.78 is 10.1. The maximum absolute atomic E-state index is 12.6. The average Bonchev–Trinajstić information content (AvgIpc) is 3.21. The number of aryl methyl sites for hydroxylation is 1. The predicted octanol–water partition coefficient (Wildman–Crippen LogP) is 3.20. The van der Waals surface area contributed by atoms with E-state index in [1.54, 1.807) is 4.68 Å². The maximum Gasteiger partial charge on any atom is 0.278 e. The average molecular weight is 364 g/mol. The van der Waals surface area contributed by atoms with E-state index in [0.717, 1.165) is 27.8 Å². The number of anilines is 1. The minimum atomic E-state index is -0.280. The lowest BCUT2D eigenvalue weighted by Crippen LogP contribution is -2.14. The number of rotatable bonds is 4. The van der Waals surface area contributed by atoms with Crippen molar-refractivity contribution in [2.24, 2.45) is 0 Å². The molecular formula is C18H16N6OS. The Morgan fingerprint density at radius 3 is 2.69 bits per heavy atom. The highest BCUT2D eigenvalue weighted by atomic mass is 32.1. The Bertz CT molecular complexity index is 1100. The lowest BCUT2D eigenvalue weighted by molar-refractivity contribution is 0.102. The first-order chi connectivity index (χ1) is 12.6. The monoisotopic (exact) mass is 364 g/mol. The second-order valence-corrected chi connectivity index (χ2v) is 6.52. The molecule has 0 spiro atoms. The molecule has 7 nitrogen and oxygen atoms in total. The number of hydrogen-bond acceptors (Lipinski definition) is 6. The summed E-state index contributed by atoms with van der Waals surface area (Å²) in [6.45, 7) is 4.17. The van der Waals surface area contributed by atoms with Gasteiger partial charge in [-0.25, -0.2) is 4.68 Å². The van der Waals surface area contributed by atoms with Gasteiger partial charge in [-0.05, 0) is 36.8 Å². The van der Waals surface area contributed by atoms with Gasteiger partial charge in [0, 0.05) is 5.69 Å². The van der Waals surface area contributed by atoms with Crippen LogP contribution in [0.1, 0.15) is 27.6 Å². The van der Waals surface area contributed by atoms with Gasteiger partial charge in [0.15, 0.2) is 5.69 Å². The van der Waals surface area contributed by atoms with Crippen molar-refractivity contribution >= 4 is 34.1 Å². The molecule has 0 saturated heterocycles. The summed E-state index contributed by atoms with van der Waals surface area (Å²) in [6, 6.07) is 13.8. The van der Waals surface area contributed by atoms with Gasteiger partial charge in [0.2, 0.25) is 0 Å². The standard InChI is InChI=1S/C18H16N6OS/c1-11-16(22-26-21-11)10-24-12(2)17(20-23-24)18(25)19-15-8-7-13-5-3-4-6-14(13)9-15/h3-9H,10H2,1-2H3,(H,19,25). The quantitative estimate of drug-likeness (QED) is 0.601. The Morgan fingerprint density at radius 1 is 1.12 bits per heavy atom. The van der Waals surface area contributed by atoms with Crippen LogP contribution in [0.4, 0.5) is 5.69 Å². The van der Waals surface area contributed by atoms with E-state index in [1.165, 1.54) is 11.7 Å². The number of carbonyl (C=O) groups excluding carboxylic acids is 1. The van der Waals surface area contributed by atoms with Crippen LogP contribution in [0, 0.1) is 13.8 Å². The van der Waals surface area contributed by atoms with E-state index in [1.807, 2.05) is 56.3 Å². The minimum Gasteiger partial charge on any atom is -0.321 e. The number of aromatic nitrogens is 5. The van der Waals surface area contributed by atoms with Crippen molar-refractivity contribution in [1.29, 1.82) is 0 Å². The zero-order chi connectivity index (χ0) is 18.1. The smallest absolute Gasteiger partial charge is 0.278 e. The van der Waals surface area contributed by atoms with Gasteiger partial charge in [-0.15, -0.1) is 5.10 Å². The first-order valence-corrected chi connectivity index (χ1v) is 8.83. The molecule has 4 rings (SSSR count). The van der Waals surface area contributed by atoms with E-state index >= 15 is 0 Å². The summed E-state index contributed by atoms with van der Waals surface area (Å²) in [6.07, 6.45) is 0. The zero-order valence-corrected chi connectivity index (χ0v) is 15.1. The van der Waals surface area contributed by atoms with Crippen LogP contribution in [0.2, 0.25) is 0 Å². The lowest BCUT2D eigenvalue weighted by Gasteiger charge is -2.06. The van der Waals surface area contributed by atoms with E-state index in [2.05, 4.69) is 24.4 Å². The molecule has 0 aliphatic heterocycles. The van der Waals surface area contributed by atoms with Crippen molar-refractivity contribution in [3.05, 3.63) is 65.2 Å². The Hall–Kier alpha value is -3.13. The minimum absolute atomic E-state index is 0.280. The molecule has 0 fully saturated rings. The fourth-order valence-corrected chi connectivity index (χ4v) is 3.27. The number of amides is 1. The maximum atomic E-state index is 12.6. The Balaban J connectivity index is 1.55. The van der Waals surface area contributed by atoms with Crippen molar-refractivity contribution in [3.63, 3.8) is 0 Å². The van der Waals surface area contributed by atoms with E-state index in [-0.39, 0.29) is 5.91 Å². The Kier molecular flexibility index (Phi) is 4.18. The molecule has 0 unspecified atom stereocenters. The molecular weight excluding hydrogens is 348 g/mol. The highest BCUT2D eigenvalue weighted by Crippen LogP contribution is 2.19. The molecule has 0 aliphatic carbocycles. The Labute approximate surface area is 154 Å². The third-order valence-electron chi connectivity index (χ3n) is 4.25. The van der Waals surface area contributed by atoms with Crippen LogP contribution in [0.5, 0.6) is 0 Å². The van der Waals surface area contributed by atoms with E-state index < -0.39 is 0 Å². The van der Waals surface area contributed by atoms with Gasteiger partial charge in [0.05, 0.1) is 35.4 Å². The van der Waals surface area contributed by atoms with Gasteiger partial charge >= 0.3 is 0 Å². The fraction of sp³-hybridized carbons (Fsp3) is 0.167. The first-order valence-electron chi connectivity index (χ1n) is 8.10. The summed E-state index contributed by atoms with van der Waals surface area (Å²) >= 11 is 1.17. The molecule has 1 amide bonds. The van der Waals surface area contributed by atoms with Crippen molar-refractivity contribution in [2.45, 2.75) is 20.4 Å². The van der Waals surface area contributed by atoms with Crippen LogP contribution >= 0.6 is 11.7 Å². The number of carbonyl (C=O) groups is 1. The van der Waals surface area contributed by atoms with Crippen LogP contribution in [0.25, 0.3) is 10.8 Å². The second-order valence-electron chi connectivity index (χ2n) is 5.99. The van der Waals surface area contributed by atoms with Crippen LogP contribution in [-0.2, 0) is 6.54 Å². The van der Waals surface area contributed by atoms with Gasteiger partial charge < -0.3 is 5.32 Å². The third-order valence-corrected chi connectivity index (χ3v) is 4.91. The largest absolute Gasteiger partial charge is 0.321 e. The van der Waals surface area contributed by atoms with Gasteiger partial charge in [-0.2, -0.15) is 8.75 Å². The molecule has 0 aliphatic rings. The molecule has 0 atom stereocenters. The first kappa shape index (κ1) is 16.3. The third kappa shape index (κ3) is 3.06. The summed E-state index contributed by atoms with van der Waals surface area (Å²) in [5, 5.41) is 13.2. The summed E-state index contributed by atoms with van der Waals surface area (Å²) in [7, 11) is 0. The highest BCUT2D eigenvalue weighted by molar-refractivity contribution is 6.99. The highest BCUT2D eigenvalue weighted by Gasteiger charge is 2.18. The summed E-state index contributed by atoms with van der Waals surface area (Å²) in [5.74, 6) is -0.280. The van der Waals surface area contributed by atoms with Crippen molar-refractivity contribution in [1.82, 2.24) is 23.7 Å². The van der Waals surface area contributed by atoms with Crippen LogP contribution in [0.15, 0.2) is 42.5 Å². The van der Waals surface area contributed by atoms with Crippen molar-refractivity contribution in [3.8, 4) is 0 Å². The Morgan fingerprint density at radius 2 is 1.92 bits per heavy atom. The molecule has 0 bridgehead atoms. The number of nitrogens with zero attached hydrogens (tertiary/aromatic N) is 5. The number of fused-ring (bicyclic) bond motifs is 1. The summed E-state index contributed by atoms with van der Waals surface area (Å²) in [5.41, 5.74) is 3.42. The van der Waals surface area contributed by atoms with Crippen LogP contribution in [-0.4, -0.2) is 29.6 Å². The molecule has 4 aromatic rings. The molecule has 130 valence electrons. The van der Waals surface area contributed by atoms with E-state index in [9.17, 15) is 4.79 Å². The summed E-state index contributed by atoms with van der Waals surface area (Å²) in [4.78, 5) is 12.6. The second kappa shape index (κ2) is 6.64. The van der Waals surface area contributed by atoms with E-state index in [4.69, 9.17) is 0 Å². The molecule has 2 aromatic carbocycles. The molecule has 0 radical (unpaired) electrons. The number of nitrogens with one attached hydrogen (secondary N) is 1. The molecule has 2 aromatic heterocycles. The topological polar surface area (TPSA) is 85.6 Å². The molecule has 1 N–H and O–H groups in total. The molecule has 0 saturated carbocycles. The van der Waals surface area contributed by atoms with Gasteiger partial charge in [-0.3, -0.25) is 4.79 Å². The molecule has 2 heterocycles. The predicted molar refractivity (Wildman–Crippen MR) is 100 cm³/mol. The normalized spacial score (nSPS) is 11.0.